The molecule has 0 radical (unpaired) electrons. The van der Waals surface area contributed by atoms with Gasteiger partial charge in [-0.15, -0.1) is 5.10 Å². The van der Waals surface area contributed by atoms with Crippen LogP contribution in [0.25, 0.3) is 21.9 Å². The predicted molar refractivity (Wildman–Crippen MR) is 105 cm³/mol. The lowest BCUT2D eigenvalue weighted by Crippen LogP contribution is -2.14. The van der Waals surface area contributed by atoms with E-state index in [1.54, 1.807) is 4.68 Å². The number of nitrogens with zero attached hydrogens (tertiary/aromatic N) is 6. The standard InChI is InChI=1S/C19H19FN6.CH2O2/c1-12-10-25(24-23-12)11-18-22-17-9-21-16-5-3-2-4-15(16)19(17)26(18)14-7-6-13(20)8-14;2-1-3/h2-5,9-10,13-14H,6-8,11H2,1H3;1H,(H,2,3)/t13-,14+;/m0./s1. The fourth-order valence-electron chi connectivity index (χ4n) is 4.03. The maximum absolute atomic E-state index is 14.0. The Kier molecular flexibility index (Phi) is 5.20. The van der Waals surface area contributed by atoms with Crippen molar-refractivity contribution in [1.82, 2.24) is 29.5 Å². The van der Waals surface area contributed by atoms with Gasteiger partial charge in [0.2, 0.25) is 0 Å². The molecule has 150 valence electrons. The molecule has 1 fully saturated rings. The largest absolute Gasteiger partial charge is 0.483 e. The zero-order valence-electron chi connectivity index (χ0n) is 15.9. The predicted octanol–water partition coefficient (Wildman–Crippen LogP) is 3.30. The number of hydrogen-bond donors (Lipinski definition) is 1. The van der Waals surface area contributed by atoms with Gasteiger partial charge in [-0.2, -0.15) is 0 Å². The van der Waals surface area contributed by atoms with Gasteiger partial charge in [0.05, 0.1) is 22.9 Å². The van der Waals surface area contributed by atoms with E-state index in [1.165, 1.54) is 0 Å². The van der Waals surface area contributed by atoms with Crippen LogP contribution >= 0.6 is 0 Å². The minimum atomic E-state index is -0.744. The molecule has 1 aromatic carbocycles. The monoisotopic (exact) mass is 396 g/mol. The summed E-state index contributed by atoms with van der Waals surface area (Å²) in [6, 6.07) is 8.16. The average molecular weight is 396 g/mol. The number of rotatable bonds is 3. The van der Waals surface area contributed by atoms with Crippen LogP contribution in [0, 0.1) is 6.92 Å². The van der Waals surface area contributed by atoms with Crippen LogP contribution in [0.5, 0.6) is 0 Å². The summed E-state index contributed by atoms with van der Waals surface area (Å²) in [7, 11) is 0. The topological polar surface area (TPSA) is 98.7 Å². The van der Waals surface area contributed by atoms with E-state index < -0.39 is 6.17 Å². The number of imidazole rings is 1. The summed E-state index contributed by atoms with van der Waals surface area (Å²) in [4.78, 5) is 17.7. The SMILES string of the molecule is Cc1cn(Cc2nc3cnc4ccccc4c3n2[C@@H]2CC[C@H](F)C2)nn1.O=CO. The summed E-state index contributed by atoms with van der Waals surface area (Å²) in [5.74, 6) is 0.877. The molecule has 1 saturated carbocycles. The van der Waals surface area contributed by atoms with Gasteiger partial charge in [0.1, 0.15) is 24.1 Å². The maximum Gasteiger partial charge on any atom is 0.290 e. The van der Waals surface area contributed by atoms with Crippen LogP contribution < -0.4 is 0 Å². The number of fused-ring (bicyclic) bond motifs is 3. The van der Waals surface area contributed by atoms with E-state index in [4.69, 9.17) is 14.9 Å². The third kappa shape index (κ3) is 3.67. The highest BCUT2D eigenvalue weighted by atomic mass is 19.1. The van der Waals surface area contributed by atoms with Crippen LogP contribution in [0.1, 0.15) is 36.8 Å². The summed E-state index contributed by atoms with van der Waals surface area (Å²) < 4.78 is 18.0. The number of pyridine rings is 1. The van der Waals surface area contributed by atoms with Crippen molar-refractivity contribution in [3.8, 4) is 0 Å². The average Bonchev–Trinajstić information content (AvgIpc) is 3.41. The number of hydrogen-bond acceptors (Lipinski definition) is 5. The first-order valence-corrected chi connectivity index (χ1v) is 9.44. The Labute approximate surface area is 166 Å². The molecule has 0 aliphatic heterocycles. The zero-order chi connectivity index (χ0) is 20.4. The molecule has 29 heavy (non-hydrogen) atoms. The molecule has 0 unspecified atom stereocenters. The smallest absolute Gasteiger partial charge is 0.290 e. The second-order valence-corrected chi connectivity index (χ2v) is 7.13. The Hall–Kier alpha value is -3.36. The van der Waals surface area contributed by atoms with Gasteiger partial charge < -0.3 is 9.67 Å². The van der Waals surface area contributed by atoms with Crippen molar-refractivity contribution >= 4 is 28.4 Å². The van der Waals surface area contributed by atoms with Crippen LogP contribution in [0.3, 0.4) is 0 Å². The van der Waals surface area contributed by atoms with Gasteiger partial charge in [-0.1, -0.05) is 23.4 Å². The number of para-hydroxylation sites is 1. The van der Waals surface area contributed by atoms with Crippen LogP contribution in [0.15, 0.2) is 36.7 Å². The van der Waals surface area contributed by atoms with Crippen molar-refractivity contribution in [2.24, 2.45) is 0 Å². The Morgan fingerprint density at radius 3 is 2.76 bits per heavy atom. The van der Waals surface area contributed by atoms with E-state index in [9.17, 15) is 4.39 Å². The summed E-state index contributed by atoms with van der Waals surface area (Å²) in [5, 5.41) is 16.2. The quantitative estimate of drug-likeness (QED) is 0.534. The van der Waals surface area contributed by atoms with E-state index >= 15 is 0 Å². The lowest BCUT2D eigenvalue weighted by atomic mass is 10.1. The molecular weight excluding hydrogens is 375 g/mol. The molecule has 3 aromatic heterocycles. The fourth-order valence-corrected chi connectivity index (χ4v) is 4.03. The number of halogens is 1. The molecule has 0 spiro atoms. The Bertz CT molecular complexity index is 1150. The van der Waals surface area contributed by atoms with Crippen molar-refractivity contribution in [1.29, 1.82) is 0 Å². The Morgan fingerprint density at radius 2 is 2.07 bits per heavy atom. The van der Waals surface area contributed by atoms with Gasteiger partial charge in [-0.05, 0) is 32.3 Å². The van der Waals surface area contributed by atoms with E-state index in [-0.39, 0.29) is 12.5 Å². The van der Waals surface area contributed by atoms with Crippen molar-refractivity contribution in [2.75, 3.05) is 0 Å². The fraction of sp³-hybridized carbons (Fsp3) is 0.350. The summed E-state index contributed by atoms with van der Waals surface area (Å²) in [5.41, 5.74) is 3.68. The zero-order valence-corrected chi connectivity index (χ0v) is 15.9. The molecular formula is C20H21FN6O2. The summed E-state index contributed by atoms with van der Waals surface area (Å²) >= 11 is 0. The highest BCUT2D eigenvalue weighted by Gasteiger charge is 2.29. The van der Waals surface area contributed by atoms with Crippen LogP contribution in [0.2, 0.25) is 0 Å². The molecule has 8 nitrogen and oxygen atoms in total. The molecule has 9 heteroatoms. The summed E-state index contributed by atoms with van der Waals surface area (Å²) in [6.45, 7) is 2.17. The number of carboxylic acid groups (broad SMARTS) is 1. The highest BCUT2D eigenvalue weighted by molar-refractivity contribution is 6.02. The number of aromatic nitrogens is 6. The van der Waals surface area contributed by atoms with Crippen LogP contribution in [-0.4, -0.2) is 47.3 Å². The third-order valence-electron chi connectivity index (χ3n) is 5.16. The molecule has 3 heterocycles. The highest BCUT2D eigenvalue weighted by Crippen LogP contribution is 2.37. The minimum Gasteiger partial charge on any atom is -0.483 e. The van der Waals surface area contributed by atoms with E-state index in [0.717, 1.165) is 39.9 Å². The third-order valence-corrected chi connectivity index (χ3v) is 5.16. The number of alkyl halides is 1. The molecule has 0 bridgehead atoms. The van der Waals surface area contributed by atoms with Crippen molar-refractivity contribution in [3.05, 3.63) is 48.2 Å². The van der Waals surface area contributed by atoms with Gasteiger partial charge in [-0.25, -0.2) is 14.1 Å². The van der Waals surface area contributed by atoms with Crippen molar-refractivity contribution in [2.45, 2.75) is 44.9 Å². The van der Waals surface area contributed by atoms with Gasteiger partial charge in [0, 0.05) is 17.6 Å². The van der Waals surface area contributed by atoms with E-state index in [1.807, 2.05) is 37.5 Å². The number of benzene rings is 1. The lowest BCUT2D eigenvalue weighted by Gasteiger charge is -2.17. The molecule has 5 rings (SSSR count). The number of carbonyl (C=O) groups is 1. The van der Waals surface area contributed by atoms with E-state index in [2.05, 4.69) is 25.9 Å². The molecule has 4 aromatic rings. The van der Waals surface area contributed by atoms with Gasteiger partial charge in [-0.3, -0.25) is 9.78 Å². The maximum atomic E-state index is 14.0. The molecule has 1 N–H and O–H groups in total. The van der Waals surface area contributed by atoms with Gasteiger partial charge in [0.25, 0.3) is 6.47 Å². The van der Waals surface area contributed by atoms with Crippen molar-refractivity contribution < 1.29 is 14.3 Å². The first-order valence-electron chi connectivity index (χ1n) is 9.44. The molecule has 0 saturated heterocycles. The second-order valence-electron chi connectivity index (χ2n) is 7.13. The molecule has 1 aliphatic rings. The van der Waals surface area contributed by atoms with Crippen LogP contribution in [-0.2, 0) is 11.3 Å². The normalized spacial score (nSPS) is 18.7. The second kappa shape index (κ2) is 7.94. The summed E-state index contributed by atoms with van der Waals surface area (Å²) in [6.07, 6.45) is 4.93. The Morgan fingerprint density at radius 1 is 1.28 bits per heavy atom. The molecule has 0 amide bonds. The molecule has 2 atom stereocenters. The van der Waals surface area contributed by atoms with Crippen molar-refractivity contribution in [3.63, 3.8) is 0 Å². The lowest BCUT2D eigenvalue weighted by molar-refractivity contribution is -0.122. The number of aryl methyl sites for hydroxylation is 1. The Balaban J connectivity index is 0.000000645. The van der Waals surface area contributed by atoms with E-state index in [0.29, 0.717) is 19.4 Å². The van der Waals surface area contributed by atoms with Crippen LogP contribution in [0.4, 0.5) is 4.39 Å². The first kappa shape index (κ1) is 19.0. The van der Waals surface area contributed by atoms with Gasteiger partial charge >= 0.3 is 0 Å². The first-order chi connectivity index (χ1) is 14.1. The molecule has 1 aliphatic carbocycles. The van der Waals surface area contributed by atoms with Gasteiger partial charge in [0.15, 0.2) is 0 Å². The minimum absolute atomic E-state index is 0.112.